The highest BCUT2D eigenvalue weighted by molar-refractivity contribution is 5.91. The van der Waals surface area contributed by atoms with Gasteiger partial charge in [-0.15, -0.1) is 0 Å². The SMILES string of the molecule is COC(=O)c1c(C)c(-c2ccc(C#N)cc2)nn1C1CC1. The predicted molar refractivity (Wildman–Crippen MR) is 76.7 cm³/mol. The normalized spacial score (nSPS) is 13.8. The van der Waals surface area contributed by atoms with Crippen LogP contribution in [0.3, 0.4) is 0 Å². The molecule has 1 fully saturated rings. The Balaban J connectivity index is 2.10. The van der Waals surface area contributed by atoms with Crippen LogP contribution in [-0.2, 0) is 4.74 Å². The number of carbonyl (C=O) groups is 1. The van der Waals surface area contributed by atoms with Gasteiger partial charge in [0.2, 0.25) is 0 Å². The quantitative estimate of drug-likeness (QED) is 0.811. The number of esters is 1. The Morgan fingerprint density at radius 2 is 2.05 bits per heavy atom. The molecule has 0 aliphatic heterocycles. The zero-order valence-electron chi connectivity index (χ0n) is 12.0. The summed E-state index contributed by atoms with van der Waals surface area (Å²) in [5.41, 5.74) is 3.62. The summed E-state index contributed by atoms with van der Waals surface area (Å²) in [5, 5.41) is 13.5. The van der Waals surface area contributed by atoms with Crippen molar-refractivity contribution in [3.63, 3.8) is 0 Å². The average molecular weight is 281 g/mol. The Hall–Kier alpha value is -2.61. The number of aromatic nitrogens is 2. The topological polar surface area (TPSA) is 67.9 Å². The Labute approximate surface area is 122 Å². The van der Waals surface area contributed by atoms with Gasteiger partial charge in [0.05, 0.1) is 30.5 Å². The second kappa shape index (κ2) is 5.06. The highest BCUT2D eigenvalue weighted by atomic mass is 16.5. The largest absolute Gasteiger partial charge is 0.464 e. The number of methoxy groups -OCH3 is 1. The summed E-state index contributed by atoms with van der Waals surface area (Å²) in [6.07, 6.45) is 2.08. The first-order valence-corrected chi connectivity index (χ1v) is 6.83. The molecule has 1 saturated carbocycles. The number of hydrogen-bond acceptors (Lipinski definition) is 4. The van der Waals surface area contributed by atoms with Gasteiger partial charge in [-0.3, -0.25) is 4.68 Å². The molecule has 1 heterocycles. The van der Waals surface area contributed by atoms with Gasteiger partial charge >= 0.3 is 5.97 Å². The van der Waals surface area contributed by atoms with Crippen molar-refractivity contribution in [2.75, 3.05) is 7.11 Å². The van der Waals surface area contributed by atoms with Gasteiger partial charge in [0.15, 0.2) is 0 Å². The molecule has 3 rings (SSSR count). The third kappa shape index (κ3) is 2.29. The molecular formula is C16H15N3O2. The molecule has 0 amide bonds. The van der Waals surface area contributed by atoms with Gasteiger partial charge in [0, 0.05) is 11.1 Å². The van der Waals surface area contributed by atoms with Gasteiger partial charge in [0.25, 0.3) is 0 Å². The Kier molecular flexibility index (Phi) is 3.22. The van der Waals surface area contributed by atoms with Crippen LogP contribution in [0.5, 0.6) is 0 Å². The Bertz CT molecular complexity index is 734. The molecule has 0 N–H and O–H groups in total. The summed E-state index contributed by atoms with van der Waals surface area (Å²) in [4.78, 5) is 12.0. The number of ether oxygens (including phenoxy) is 1. The number of rotatable bonds is 3. The van der Waals surface area contributed by atoms with E-state index in [1.165, 1.54) is 7.11 Å². The molecule has 5 nitrogen and oxygen atoms in total. The van der Waals surface area contributed by atoms with Crippen molar-refractivity contribution in [3.05, 3.63) is 41.1 Å². The van der Waals surface area contributed by atoms with Crippen molar-refractivity contribution >= 4 is 5.97 Å². The Morgan fingerprint density at radius 1 is 1.38 bits per heavy atom. The monoisotopic (exact) mass is 281 g/mol. The van der Waals surface area contributed by atoms with E-state index in [1.54, 1.807) is 16.8 Å². The minimum absolute atomic E-state index is 0.296. The fourth-order valence-corrected chi connectivity index (χ4v) is 2.42. The van der Waals surface area contributed by atoms with Crippen LogP contribution >= 0.6 is 0 Å². The molecule has 106 valence electrons. The zero-order chi connectivity index (χ0) is 15.0. The lowest BCUT2D eigenvalue weighted by Crippen LogP contribution is -2.11. The second-order valence-corrected chi connectivity index (χ2v) is 5.18. The number of benzene rings is 1. The summed E-state index contributed by atoms with van der Waals surface area (Å²) < 4.78 is 6.67. The van der Waals surface area contributed by atoms with Gasteiger partial charge < -0.3 is 4.74 Å². The van der Waals surface area contributed by atoms with Crippen LogP contribution in [0.2, 0.25) is 0 Å². The van der Waals surface area contributed by atoms with E-state index in [2.05, 4.69) is 11.2 Å². The summed E-state index contributed by atoms with van der Waals surface area (Å²) in [6, 6.07) is 9.60. The van der Waals surface area contributed by atoms with Crippen molar-refractivity contribution in [2.24, 2.45) is 0 Å². The lowest BCUT2D eigenvalue weighted by Gasteiger charge is -2.04. The molecule has 1 aliphatic carbocycles. The molecule has 1 aromatic carbocycles. The highest BCUT2D eigenvalue weighted by Crippen LogP contribution is 2.38. The molecule has 5 heteroatoms. The third-order valence-electron chi connectivity index (χ3n) is 3.71. The maximum absolute atomic E-state index is 12.0. The molecular weight excluding hydrogens is 266 g/mol. The minimum Gasteiger partial charge on any atom is -0.464 e. The van der Waals surface area contributed by atoms with Crippen LogP contribution in [-0.4, -0.2) is 22.9 Å². The molecule has 0 spiro atoms. The number of hydrogen-bond donors (Lipinski definition) is 0. The maximum Gasteiger partial charge on any atom is 0.356 e. The molecule has 0 atom stereocenters. The van der Waals surface area contributed by atoms with Gasteiger partial charge in [-0.25, -0.2) is 4.79 Å². The van der Waals surface area contributed by atoms with Gasteiger partial charge in [0.1, 0.15) is 5.69 Å². The van der Waals surface area contributed by atoms with Crippen LogP contribution in [0.4, 0.5) is 0 Å². The maximum atomic E-state index is 12.0. The summed E-state index contributed by atoms with van der Waals surface area (Å²) in [5.74, 6) is -0.355. The van der Waals surface area contributed by atoms with Crippen LogP contribution in [0.25, 0.3) is 11.3 Å². The zero-order valence-corrected chi connectivity index (χ0v) is 12.0. The molecule has 2 aromatic rings. The molecule has 1 aromatic heterocycles. The van der Waals surface area contributed by atoms with E-state index >= 15 is 0 Å². The third-order valence-corrected chi connectivity index (χ3v) is 3.71. The van der Waals surface area contributed by atoms with E-state index in [0.29, 0.717) is 17.3 Å². The van der Waals surface area contributed by atoms with E-state index < -0.39 is 0 Å². The van der Waals surface area contributed by atoms with Gasteiger partial charge in [-0.05, 0) is 31.9 Å². The lowest BCUT2D eigenvalue weighted by atomic mass is 10.1. The molecule has 21 heavy (non-hydrogen) atoms. The first kappa shape index (κ1) is 13.4. The van der Waals surface area contributed by atoms with Crippen molar-refractivity contribution in [2.45, 2.75) is 25.8 Å². The lowest BCUT2D eigenvalue weighted by molar-refractivity contribution is 0.0585. The van der Waals surface area contributed by atoms with E-state index in [-0.39, 0.29) is 5.97 Å². The molecule has 0 saturated heterocycles. The average Bonchev–Trinajstić information content (AvgIpc) is 3.30. The number of nitriles is 1. The summed E-state index contributed by atoms with van der Waals surface area (Å²) in [6.45, 7) is 1.88. The predicted octanol–water partition coefficient (Wildman–Crippen LogP) is 2.85. The van der Waals surface area contributed by atoms with Gasteiger partial charge in [-0.1, -0.05) is 12.1 Å². The molecule has 0 radical (unpaired) electrons. The van der Waals surface area contributed by atoms with Crippen molar-refractivity contribution in [1.82, 2.24) is 9.78 Å². The molecule has 1 aliphatic rings. The van der Waals surface area contributed by atoms with Crippen LogP contribution < -0.4 is 0 Å². The first-order chi connectivity index (χ1) is 10.2. The second-order valence-electron chi connectivity index (χ2n) is 5.18. The van der Waals surface area contributed by atoms with E-state index in [9.17, 15) is 4.79 Å². The molecule has 0 unspecified atom stereocenters. The van der Waals surface area contributed by atoms with Crippen molar-refractivity contribution in [1.29, 1.82) is 5.26 Å². The van der Waals surface area contributed by atoms with E-state index in [0.717, 1.165) is 29.7 Å². The van der Waals surface area contributed by atoms with Crippen molar-refractivity contribution < 1.29 is 9.53 Å². The standard InChI is InChI=1S/C16H15N3O2/c1-10-14(12-5-3-11(9-17)4-6-12)18-19(13-7-8-13)15(10)16(20)21-2/h3-6,13H,7-8H2,1-2H3. The highest BCUT2D eigenvalue weighted by Gasteiger charge is 2.32. The van der Waals surface area contributed by atoms with Gasteiger partial charge in [-0.2, -0.15) is 10.4 Å². The van der Waals surface area contributed by atoms with Crippen LogP contribution in [0, 0.1) is 18.3 Å². The number of nitrogens with zero attached hydrogens (tertiary/aromatic N) is 3. The van der Waals surface area contributed by atoms with Crippen molar-refractivity contribution in [3.8, 4) is 17.3 Å². The van der Waals surface area contributed by atoms with E-state index in [1.807, 2.05) is 19.1 Å². The Morgan fingerprint density at radius 3 is 2.57 bits per heavy atom. The summed E-state index contributed by atoms with van der Waals surface area (Å²) in [7, 11) is 1.38. The fraction of sp³-hybridized carbons (Fsp3) is 0.312. The van der Waals surface area contributed by atoms with Crippen LogP contribution in [0.15, 0.2) is 24.3 Å². The van der Waals surface area contributed by atoms with Crippen LogP contribution in [0.1, 0.15) is 40.5 Å². The number of carbonyl (C=O) groups excluding carboxylic acids is 1. The first-order valence-electron chi connectivity index (χ1n) is 6.83. The summed E-state index contributed by atoms with van der Waals surface area (Å²) >= 11 is 0. The molecule has 0 bridgehead atoms. The minimum atomic E-state index is -0.355. The smallest absolute Gasteiger partial charge is 0.356 e. The fourth-order valence-electron chi connectivity index (χ4n) is 2.42. The van der Waals surface area contributed by atoms with E-state index in [4.69, 9.17) is 10.00 Å².